The van der Waals surface area contributed by atoms with Crippen molar-refractivity contribution in [2.24, 2.45) is 11.8 Å². The van der Waals surface area contributed by atoms with Crippen LogP contribution >= 0.6 is 0 Å². The van der Waals surface area contributed by atoms with E-state index in [0.29, 0.717) is 5.92 Å². The lowest BCUT2D eigenvalue weighted by molar-refractivity contribution is 0.176. The molecule has 1 fully saturated rings. The maximum Gasteiger partial charge on any atom is 0.124 e. The second-order valence-electron chi connectivity index (χ2n) is 8.08. The second-order valence-corrected chi connectivity index (χ2v) is 8.08. The zero-order chi connectivity index (χ0) is 17.8. The molecule has 1 aromatic carbocycles. The third-order valence-electron chi connectivity index (χ3n) is 5.65. The minimum atomic E-state index is 0.586. The molecule has 0 spiro atoms. The van der Waals surface area contributed by atoms with Gasteiger partial charge in [0.1, 0.15) is 5.82 Å². The van der Waals surface area contributed by atoms with Crippen molar-refractivity contribution in [3.8, 4) is 0 Å². The van der Waals surface area contributed by atoms with E-state index in [9.17, 15) is 0 Å². The topological polar surface area (TPSA) is 45.1 Å². The molecule has 0 aliphatic carbocycles. The van der Waals surface area contributed by atoms with Crippen LogP contribution in [0, 0.1) is 11.8 Å². The molecule has 140 valence electrons. The van der Waals surface area contributed by atoms with Crippen LogP contribution in [-0.4, -0.2) is 40.9 Å². The summed E-state index contributed by atoms with van der Waals surface area (Å²) in [5.41, 5.74) is 2.80. The molecule has 1 aromatic heterocycles. The Hall–Kier alpha value is -1.85. The number of piperidine rings is 1. The molecule has 0 saturated carbocycles. The summed E-state index contributed by atoms with van der Waals surface area (Å²) < 4.78 is 2.06. The zero-order valence-corrected chi connectivity index (χ0v) is 15.8. The standard InChI is InChI=1S/C21H31N5/c1-17-3-2-10-25(14-17)15-19-6-4-18(5-7-19)11-22-12-20-13-23-21-8-9-24-26(21)16-20/h4-9,17,20,22-23H,2-3,10-16H2,1H3/t17-,20-/m0/s1. The van der Waals surface area contributed by atoms with Gasteiger partial charge in [0.25, 0.3) is 0 Å². The fourth-order valence-electron chi connectivity index (χ4n) is 4.19. The molecule has 2 aliphatic heterocycles. The lowest BCUT2D eigenvalue weighted by Crippen LogP contribution is -2.35. The Morgan fingerprint density at radius 2 is 2.00 bits per heavy atom. The van der Waals surface area contributed by atoms with E-state index in [0.717, 1.165) is 44.5 Å². The molecule has 2 atom stereocenters. The number of aromatic nitrogens is 2. The van der Waals surface area contributed by atoms with Gasteiger partial charge in [0.05, 0.1) is 6.20 Å². The molecule has 4 rings (SSSR count). The minimum Gasteiger partial charge on any atom is -0.370 e. The number of likely N-dealkylation sites (tertiary alicyclic amines) is 1. The van der Waals surface area contributed by atoms with E-state index in [4.69, 9.17) is 0 Å². The number of hydrogen-bond acceptors (Lipinski definition) is 4. The van der Waals surface area contributed by atoms with Gasteiger partial charge in [0, 0.05) is 51.3 Å². The first-order valence-electron chi connectivity index (χ1n) is 10.0. The van der Waals surface area contributed by atoms with Crippen molar-refractivity contribution < 1.29 is 0 Å². The highest BCUT2D eigenvalue weighted by atomic mass is 15.3. The Balaban J connectivity index is 1.21. The van der Waals surface area contributed by atoms with Gasteiger partial charge in [0.15, 0.2) is 0 Å². The van der Waals surface area contributed by atoms with Crippen LogP contribution in [-0.2, 0) is 19.6 Å². The van der Waals surface area contributed by atoms with Crippen molar-refractivity contribution in [2.45, 2.75) is 39.4 Å². The van der Waals surface area contributed by atoms with Gasteiger partial charge in [-0.25, -0.2) is 4.68 Å². The first kappa shape index (κ1) is 17.6. The van der Waals surface area contributed by atoms with Crippen LogP contribution in [0.25, 0.3) is 0 Å². The van der Waals surface area contributed by atoms with Gasteiger partial charge in [-0.05, 0) is 36.4 Å². The highest BCUT2D eigenvalue weighted by Crippen LogP contribution is 2.18. The Kier molecular flexibility index (Phi) is 5.56. The molecule has 1 saturated heterocycles. The van der Waals surface area contributed by atoms with Crippen LogP contribution in [0.1, 0.15) is 30.9 Å². The summed E-state index contributed by atoms with van der Waals surface area (Å²) >= 11 is 0. The van der Waals surface area contributed by atoms with Gasteiger partial charge < -0.3 is 10.6 Å². The minimum absolute atomic E-state index is 0.586. The average molecular weight is 354 g/mol. The highest BCUT2D eigenvalue weighted by Gasteiger charge is 2.18. The van der Waals surface area contributed by atoms with Crippen LogP contribution in [0.2, 0.25) is 0 Å². The predicted octanol–water partition coefficient (Wildman–Crippen LogP) is 2.95. The van der Waals surface area contributed by atoms with Crippen molar-refractivity contribution >= 4 is 5.82 Å². The molecule has 2 aliphatic rings. The Morgan fingerprint density at radius 3 is 2.85 bits per heavy atom. The summed E-state index contributed by atoms with van der Waals surface area (Å²) in [5.74, 6) is 2.57. The predicted molar refractivity (Wildman–Crippen MR) is 106 cm³/mol. The summed E-state index contributed by atoms with van der Waals surface area (Å²) in [6, 6.07) is 11.2. The van der Waals surface area contributed by atoms with Crippen LogP contribution in [0.4, 0.5) is 5.82 Å². The van der Waals surface area contributed by atoms with Crippen LogP contribution in [0.5, 0.6) is 0 Å². The van der Waals surface area contributed by atoms with Crippen LogP contribution < -0.4 is 10.6 Å². The molecule has 2 aromatic rings. The fraction of sp³-hybridized carbons (Fsp3) is 0.571. The van der Waals surface area contributed by atoms with Gasteiger partial charge in [-0.2, -0.15) is 5.10 Å². The van der Waals surface area contributed by atoms with E-state index in [1.54, 1.807) is 0 Å². The third-order valence-corrected chi connectivity index (χ3v) is 5.65. The van der Waals surface area contributed by atoms with E-state index in [2.05, 4.69) is 56.5 Å². The number of nitrogens with zero attached hydrogens (tertiary/aromatic N) is 3. The maximum atomic E-state index is 4.36. The summed E-state index contributed by atoms with van der Waals surface area (Å²) in [5, 5.41) is 11.4. The van der Waals surface area contributed by atoms with Gasteiger partial charge >= 0.3 is 0 Å². The number of anilines is 1. The lowest BCUT2D eigenvalue weighted by atomic mass is 9.99. The molecule has 0 bridgehead atoms. The fourth-order valence-corrected chi connectivity index (χ4v) is 4.19. The quantitative estimate of drug-likeness (QED) is 0.838. The molecule has 0 radical (unpaired) electrons. The van der Waals surface area contributed by atoms with Crippen molar-refractivity contribution in [3.63, 3.8) is 0 Å². The van der Waals surface area contributed by atoms with Gasteiger partial charge in [-0.1, -0.05) is 31.2 Å². The first-order chi connectivity index (χ1) is 12.8. The van der Waals surface area contributed by atoms with E-state index >= 15 is 0 Å². The van der Waals surface area contributed by atoms with Gasteiger partial charge in [0.2, 0.25) is 0 Å². The summed E-state index contributed by atoms with van der Waals surface area (Å²) in [6.45, 7) is 9.93. The number of hydrogen-bond donors (Lipinski definition) is 2. The molecule has 5 nitrogen and oxygen atoms in total. The largest absolute Gasteiger partial charge is 0.370 e. The van der Waals surface area contributed by atoms with Gasteiger partial charge in [-0.15, -0.1) is 0 Å². The molecule has 26 heavy (non-hydrogen) atoms. The number of nitrogens with one attached hydrogen (secondary N) is 2. The summed E-state index contributed by atoms with van der Waals surface area (Å²) in [4.78, 5) is 2.60. The third kappa shape index (κ3) is 4.46. The van der Waals surface area contributed by atoms with Crippen molar-refractivity contribution in [3.05, 3.63) is 47.7 Å². The van der Waals surface area contributed by atoms with Crippen molar-refractivity contribution in [1.82, 2.24) is 20.0 Å². The van der Waals surface area contributed by atoms with Crippen LogP contribution in [0.3, 0.4) is 0 Å². The van der Waals surface area contributed by atoms with E-state index in [1.165, 1.54) is 37.1 Å². The van der Waals surface area contributed by atoms with Crippen molar-refractivity contribution in [1.29, 1.82) is 0 Å². The Morgan fingerprint density at radius 1 is 1.15 bits per heavy atom. The second kappa shape index (κ2) is 8.23. The molecule has 0 unspecified atom stereocenters. The molecular formula is C21H31N5. The number of fused-ring (bicyclic) bond motifs is 1. The summed E-state index contributed by atoms with van der Waals surface area (Å²) in [6.07, 6.45) is 4.60. The van der Waals surface area contributed by atoms with Gasteiger partial charge in [-0.3, -0.25) is 4.90 Å². The Bertz CT molecular complexity index is 693. The normalized spacial score (nSPS) is 23.4. The average Bonchev–Trinajstić information content (AvgIpc) is 3.11. The lowest BCUT2D eigenvalue weighted by Gasteiger charge is -2.30. The van der Waals surface area contributed by atoms with Crippen LogP contribution in [0.15, 0.2) is 36.5 Å². The monoisotopic (exact) mass is 353 g/mol. The zero-order valence-electron chi connectivity index (χ0n) is 15.8. The van der Waals surface area contributed by atoms with E-state index in [1.807, 2.05) is 12.3 Å². The SMILES string of the molecule is C[C@H]1CCCN(Cc2ccc(CNC[C@H]3CNc4ccnn4C3)cc2)C1. The Labute approximate surface area is 156 Å². The highest BCUT2D eigenvalue weighted by molar-refractivity contribution is 5.35. The first-order valence-corrected chi connectivity index (χ1v) is 10.0. The molecule has 0 amide bonds. The van der Waals surface area contributed by atoms with E-state index < -0.39 is 0 Å². The number of rotatable bonds is 6. The smallest absolute Gasteiger partial charge is 0.124 e. The number of benzene rings is 1. The van der Waals surface area contributed by atoms with Crippen molar-refractivity contribution in [2.75, 3.05) is 31.5 Å². The summed E-state index contributed by atoms with van der Waals surface area (Å²) in [7, 11) is 0. The molecule has 3 heterocycles. The van der Waals surface area contributed by atoms with E-state index in [-0.39, 0.29) is 0 Å². The maximum absolute atomic E-state index is 4.36. The molecule has 5 heteroatoms. The molecular weight excluding hydrogens is 322 g/mol. The molecule has 2 N–H and O–H groups in total.